The van der Waals surface area contributed by atoms with E-state index in [-0.39, 0.29) is 5.56 Å². The molecule has 1 unspecified atom stereocenters. The van der Waals surface area contributed by atoms with E-state index in [1.165, 1.54) is 23.2 Å². The van der Waals surface area contributed by atoms with Crippen LogP contribution in [0.25, 0.3) is 0 Å². The van der Waals surface area contributed by atoms with Gasteiger partial charge in [-0.3, -0.25) is 15.0 Å². The number of ether oxygens (including phenoxy) is 1. The summed E-state index contributed by atoms with van der Waals surface area (Å²) in [7, 11) is 0.341. The van der Waals surface area contributed by atoms with Gasteiger partial charge in [-0.2, -0.15) is 0 Å². The van der Waals surface area contributed by atoms with Gasteiger partial charge in [0.15, 0.2) is 6.29 Å². The maximum atomic E-state index is 13.3. The number of amides is 2. The minimum absolute atomic E-state index is 0.253. The second-order valence-corrected chi connectivity index (χ2v) is 8.35. The Labute approximate surface area is 176 Å². The molecular formula is C21H27BN2O6. The molecule has 1 aromatic carbocycles. The molecule has 3 rings (SSSR count). The fourth-order valence-electron chi connectivity index (χ4n) is 3.59. The number of nitrogens with one attached hydrogen (secondary N) is 1. The van der Waals surface area contributed by atoms with Gasteiger partial charge in [-0.25, -0.2) is 5.01 Å². The highest BCUT2D eigenvalue weighted by Gasteiger charge is 2.36. The van der Waals surface area contributed by atoms with Gasteiger partial charge in [0.2, 0.25) is 0 Å². The highest BCUT2D eigenvalue weighted by molar-refractivity contribution is 6.61. The van der Waals surface area contributed by atoms with Crippen molar-refractivity contribution in [3.63, 3.8) is 0 Å². The first kappa shape index (κ1) is 22.1. The van der Waals surface area contributed by atoms with Gasteiger partial charge in [0.25, 0.3) is 11.8 Å². The minimum atomic E-state index is -1.31. The summed E-state index contributed by atoms with van der Waals surface area (Å²) < 4.78 is 10.3. The molecule has 2 aliphatic rings. The fraction of sp³-hybridized carbons (Fsp3) is 0.429. The third-order valence-electron chi connectivity index (χ3n) is 5.24. The maximum Gasteiger partial charge on any atom is 0.493 e. The summed E-state index contributed by atoms with van der Waals surface area (Å²) in [5.41, 5.74) is 4.21. The number of rotatable bonds is 3. The van der Waals surface area contributed by atoms with Crippen molar-refractivity contribution in [2.24, 2.45) is 0 Å². The number of allylic oxidation sites excluding steroid dienone is 2. The van der Waals surface area contributed by atoms with Crippen LogP contribution < -0.4 is 10.9 Å². The Bertz CT molecular complexity index is 934. The van der Waals surface area contributed by atoms with Crippen LogP contribution in [0.3, 0.4) is 0 Å². The van der Waals surface area contributed by atoms with Gasteiger partial charge < -0.3 is 19.5 Å². The molecule has 1 aliphatic carbocycles. The monoisotopic (exact) mass is 414 g/mol. The molecule has 0 saturated heterocycles. The summed E-state index contributed by atoms with van der Waals surface area (Å²) in [6.45, 7) is 7.23. The molecule has 9 heteroatoms. The van der Waals surface area contributed by atoms with Crippen molar-refractivity contribution in [1.82, 2.24) is 10.4 Å². The molecule has 1 heterocycles. The Hall–Kier alpha value is -2.62. The van der Waals surface area contributed by atoms with Gasteiger partial charge in [-0.05, 0) is 57.3 Å². The highest BCUT2D eigenvalue weighted by Crippen LogP contribution is 2.27. The van der Waals surface area contributed by atoms with E-state index in [1.54, 1.807) is 27.9 Å². The topological polar surface area (TPSA) is 108 Å². The second-order valence-electron chi connectivity index (χ2n) is 8.35. The Morgan fingerprint density at radius 3 is 2.67 bits per heavy atom. The van der Waals surface area contributed by atoms with E-state index < -0.39 is 30.8 Å². The number of aliphatic hydroxyl groups excluding tert-OH is 1. The molecule has 0 aromatic heterocycles. The van der Waals surface area contributed by atoms with Crippen molar-refractivity contribution < 1.29 is 29.1 Å². The van der Waals surface area contributed by atoms with E-state index >= 15 is 0 Å². The first-order valence-electron chi connectivity index (χ1n) is 9.80. The molecule has 0 bridgehead atoms. The van der Waals surface area contributed by atoms with Crippen molar-refractivity contribution >= 4 is 24.4 Å². The van der Waals surface area contributed by atoms with Crippen LogP contribution in [0, 0.1) is 0 Å². The van der Waals surface area contributed by atoms with Crippen molar-refractivity contribution in [3.05, 3.63) is 52.3 Å². The zero-order valence-electron chi connectivity index (χ0n) is 17.9. The molecule has 2 amide bonds. The molecular weight excluding hydrogens is 387 g/mol. The number of hydrogen-bond acceptors (Lipinski definition) is 6. The molecule has 0 fully saturated rings. The first-order chi connectivity index (χ1) is 14.0. The molecule has 1 aliphatic heterocycles. The van der Waals surface area contributed by atoms with Gasteiger partial charge in [0, 0.05) is 23.1 Å². The molecule has 0 spiro atoms. The number of hydrogen-bond donors (Lipinski definition) is 3. The van der Waals surface area contributed by atoms with E-state index in [1.807, 2.05) is 13.0 Å². The zero-order valence-corrected chi connectivity index (χ0v) is 17.9. The predicted octanol–water partition coefficient (Wildman–Crippen LogP) is 1.31. The summed E-state index contributed by atoms with van der Waals surface area (Å²) in [6.07, 6.45) is 1.93. The molecule has 1 atom stereocenters. The lowest BCUT2D eigenvalue weighted by molar-refractivity contribution is -0.122. The predicted molar refractivity (Wildman–Crippen MR) is 111 cm³/mol. The lowest BCUT2D eigenvalue weighted by Gasteiger charge is -2.36. The van der Waals surface area contributed by atoms with Gasteiger partial charge >= 0.3 is 7.12 Å². The molecule has 3 N–H and O–H groups in total. The number of aliphatic hydroxyl groups is 1. The van der Waals surface area contributed by atoms with E-state index in [0.717, 1.165) is 17.8 Å². The fourth-order valence-corrected chi connectivity index (χ4v) is 3.59. The minimum Gasteiger partial charge on any atom is -0.501 e. The lowest BCUT2D eigenvalue weighted by Crippen LogP contribution is -2.56. The quantitative estimate of drug-likeness (QED) is 0.509. The van der Waals surface area contributed by atoms with Crippen LogP contribution in [-0.4, -0.2) is 46.7 Å². The van der Waals surface area contributed by atoms with Crippen LogP contribution >= 0.6 is 0 Å². The van der Waals surface area contributed by atoms with Gasteiger partial charge in [0.1, 0.15) is 0 Å². The summed E-state index contributed by atoms with van der Waals surface area (Å²) >= 11 is 0. The summed E-state index contributed by atoms with van der Waals surface area (Å²) in [4.78, 5) is 26.3. The average molecular weight is 414 g/mol. The van der Waals surface area contributed by atoms with Crippen LogP contribution in [0.2, 0.25) is 0 Å². The number of fused-ring (bicyclic) bond motifs is 1. The zero-order chi connectivity index (χ0) is 22.2. The molecule has 160 valence electrons. The van der Waals surface area contributed by atoms with Crippen LogP contribution in [0.4, 0.5) is 0 Å². The number of carbonyl (C=O) groups is 2. The van der Waals surface area contributed by atoms with Crippen LogP contribution in [0.1, 0.15) is 62.7 Å². The normalized spacial score (nSPS) is 18.7. The van der Waals surface area contributed by atoms with Crippen molar-refractivity contribution in [2.45, 2.75) is 52.4 Å². The molecule has 8 nitrogen and oxygen atoms in total. The second kappa shape index (κ2) is 8.25. The SMILES string of the molecule is COC1=C(C)C(C(=O)NN(C(=O)c2ccc3c(c2)C(O)OB3O)C(C)(C)C)=CCC1. The van der Waals surface area contributed by atoms with E-state index in [0.29, 0.717) is 23.0 Å². The van der Waals surface area contributed by atoms with Crippen molar-refractivity contribution in [1.29, 1.82) is 0 Å². The number of hydrazine groups is 1. The smallest absolute Gasteiger partial charge is 0.493 e. The Balaban J connectivity index is 1.88. The van der Waals surface area contributed by atoms with Gasteiger partial charge in [-0.1, -0.05) is 12.1 Å². The highest BCUT2D eigenvalue weighted by atomic mass is 16.6. The molecule has 30 heavy (non-hydrogen) atoms. The van der Waals surface area contributed by atoms with E-state index in [4.69, 9.17) is 9.39 Å². The van der Waals surface area contributed by atoms with Crippen LogP contribution in [-0.2, 0) is 14.2 Å². The number of benzene rings is 1. The van der Waals surface area contributed by atoms with Gasteiger partial charge in [-0.15, -0.1) is 0 Å². The number of methoxy groups -OCH3 is 1. The Morgan fingerprint density at radius 1 is 1.33 bits per heavy atom. The largest absolute Gasteiger partial charge is 0.501 e. The summed E-state index contributed by atoms with van der Waals surface area (Å²) in [5.74, 6) is -0.0929. The lowest BCUT2D eigenvalue weighted by atomic mass is 9.79. The summed E-state index contributed by atoms with van der Waals surface area (Å²) in [5, 5.41) is 21.0. The molecule has 0 radical (unpaired) electrons. The van der Waals surface area contributed by atoms with Crippen molar-refractivity contribution in [2.75, 3.05) is 7.11 Å². The first-order valence-corrected chi connectivity index (χ1v) is 9.80. The Kier molecular flexibility index (Phi) is 6.07. The maximum absolute atomic E-state index is 13.3. The van der Waals surface area contributed by atoms with E-state index in [2.05, 4.69) is 5.43 Å². The average Bonchev–Trinajstić information content (AvgIpc) is 2.98. The Morgan fingerprint density at radius 2 is 2.03 bits per heavy atom. The molecule has 1 aromatic rings. The van der Waals surface area contributed by atoms with Crippen molar-refractivity contribution in [3.8, 4) is 0 Å². The standard InChI is InChI=1S/C21H27BN2O6/c1-12-14(7-6-8-17(12)29-5)18(25)23-24(21(2,3)4)19(26)13-9-10-16-15(11-13)20(27)30-22(16)28/h7,9-11,20,27-28H,6,8H2,1-5H3,(H,23,25). The van der Waals surface area contributed by atoms with Crippen LogP contribution in [0.15, 0.2) is 41.2 Å². The van der Waals surface area contributed by atoms with Gasteiger partial charge in [0.05, 0.1) is 18.4 Å². The molecule has 0 saturated carbocycles. The van der Waals surface area contributed by atoms with E-state index in [9.17, 15) is 19.7 Å². The number of nitrogens with zero attached hydrogens (tertiary/aromatic N) is 1. The van der Waals surface area contributed by atoms with Crippen LogP contribution in [0.5, 0.6) is 0 Å². The third-order valence-corrected chi connectivity index (χ3v) is 5.24. The third kappa shape index (κ3) is 4.14. The summed E-state index contributed by atoms with van der Waals surface area (Å²) in [6, 6.07) is 4.54. The number of carbonyl (C=O) groups excluding carboxylic acids is 2.